The third-order valence-corrected chi connectivity index (χ3v) is 20.0. The molecule has 1 aliphatic heterocycles. The fraction of sp³-hybridized carbons (Fsp3) is 0.402. The van der Waals surface area contributed by atoms with Crippen molar-refractivity contribution < 1.29 is 121 Å². The third-order valence-electron chi connectivity index (χ3n) is 18.6. The molecule has 1 unspecified atom stereocenters. The average Bonchev–Trinajstić information content (AvgIpc) is 1.14. The van der Waals surface area contributed by atoms with Crippen molar-refractivity contribution in [1.82, 2.24) is 0 Å². The number of carboxylic acids is 1. The summed E-state index contributed by atoms with van der Waals surface area (Å²) in [5.41, 5.74) is 9.12. The number of hydrogen-bond acceptors (Lipinski definition) is 24. The number of alkyl halides is 2. The first-order chi connectivity index (χ1) is 59.4. The Morgan fingerprint density at radius 1 is 0.379 bits per heavy atom. The lowest BCUT2D eigenvalue weighted by molar-refractivity contribution is -0.137. The molecule has 0 spiro atoms. The number of phenolic OH excluding ortho intramolecular Hbond substituents is 18. The van der Waals surface area contributed by atoms with Crippen molar-refractivity contribution in [3.63, 3.8) is 0 Å². The minimum atomic E-state index is -0.788. The Kier molecular flexibility index (Phi) is 58.2. The highest BCUT2D eigenvalue weighted by Gasteiger charge is 2.21. The van der Waals surface area contributed by atoms with Crippen molar-refractivity contribution in [2.45, 2.75) is 206 Å². The van der Waals surface area contributed by atoms with Crippen molar-refractivity contribution in [1.29, 1.82) is 0 Å². The predicted octanol–water partition coefficient (Wildman–Crippen LogP) is 19.9. The Bertz CT molecular complexity index is 4220. The van der Waals surface area contributed by atoms with Crippen LogP contribution in [-0.4, -0.2) is 163 Å². The van der Waals surface area contributed by atoms with Crippen molar-refractivity contribution in [3.05, 3.63) is 214 Å². The van der Waals surface area contributed by atoms with Crippen LogP contribution in [0, 0.1) is 12.3 Å². The molecular formula is C97H128ClIO24S. The van der Waals surface area contributed by atoms with E-state index in [4.69, 9.17) is 93.9 Å². The minimum absolute atomic E-state index is 0.0213. The molecule has 680 valence electrons. The van der Waals surface area contributed by atoms with Crippen LogP contribution in [0.1, 0.15) is 192 Å². The molecule has 10 rings (SSSR count). The molecule has 0 radical (unpaired) electrons. The second-order valence-electron chi connectivity index (χ2n) is 29.3. The summed E-state index contributed by atoms with van der Waals surface area (Å²) in [6, 6.07) is 43.9. The third kappa shape index (κ3) is 52.1. The summed E-state index contributed by atoms with van der Waals surface area (Å²) in [6.45, 7) is 3.49. The minimum Gasteiger partial charge on any atom is -0.504 e. The van der Waals surface area contributed by atoms with Gasteiger partial charge in [0.2, 0.25) is 0 Å². The van der Waals surface area contributed by atoms with Crippen molar-refractivity contribution in [3.8, 4) is 116 Å². The van der Waals surface area contributed by atoms with E-state index < -0.39 is 5.97 Å². The van der Waals surface area contributed by atoms with Gasteiger partial charge in [0.15, 0.2) is 103 Å². The number of rotatable bonds is 39. The average molecular weight is 1870 g/mol. The number of ether oxygens (including phenoxy) is 2. The molecule has 124 heavy (non-hydrogen) atoms. The summed E-state index contributed by atoms with van der Waals surface area (Å²) < 4.78 is 11.2. The molecule has 0 aromatic heterocycles. The smallest absolute Gasteiger partial charge is 0.303 e. The molecule has 9 aromatic carbocycles. The van der Waals surface area contributed by atoms with Crippen LogP contribution < -0.4 is 0 Å². The molecular weight excluding hydrogens is 1740 g/mol. The van der Waals surface area contributed by atoms with Gasteiger partial charge in [-0.2, -0.15) is 12.6 Å². The molecule has 24 nitrogen and oxygen atoms in total. The molecule has 1 aliphatic rings. The summed E-state index contributed by atoms with van der Waals surface area (Å²) in [7, 11) is 1.69. The van der Waals surface area contributed by atoms with E-state index in [1.807, 2.05) is 30.3 Å². The zero-order valence-electron chi connectivity index (χ0n) is 71.0. The number of thiol groups is 1. The van der Waals surface area contributed by atoms with E-state index >= 15 is 0 Å². The SMILES string of the molecule is C#CCCCc1ccc(O)c(O)c1.CC(=O)CCCCc1ccc(O)c(O)c1.COCCCCc1ccc(O)c(O)c1.O=C(O)CCCCc1ccc(O)c(O)c1.OCCCCc1ccc(O)c(O)c1.Oc1ccc(CCCCC2CO2)cc1O.Oc1ccc(CCCCCl)cc1O.Oc1ccc(CCCCI)cc1O.Oc1ccc(CCCCS)cc1O. The highest BCUT2D eigenvalue weighted by Crippen LogP contribution is 2.33. The lowest BCUT2D eigenvalue weighted by Crippen LogP contribution is -1.94. The summed E-state index contributed by atoms with van der Waals surface area (Å²) in [5.74, 6) is 2.29. The maximum atomic E-state index is 10.7. The lowest BCUT2D eigenvalue weighted by Gasteiger charge is -2.03. The number of hydrogen-bond donors (Lipinski definition) is 21. The molecule has 1 heterocycles. The predicted molar refractivity (Wildman–Crippen MR) is 498 cm³/mol. The Labute approximate surface area is 753 Å². The normalized spacial score (nSPS) is 11.2. The van der Waals surface area contributed by atoms with E-state index in [0.29, 0.717) is 31.2 Å². The highest BCUT2D eigenvalue weighted by atomic mass is 127. The number of phenols is 18. The van der Waals surface area contributed by atoms with Gasteiger partial charge in [-0.3, -0.25) is 4.79 Å². The zero-order valence-corrected chi connectivity index (χ0v) is 74.8. The van der Waals surface area contributed by atoms with Gasteiger partial charge in [-0.15, -0.1) is 23.9 Å². The number of epoxide rings is 1. The van der Waals surface area contributed by atoms with Crippen molar-refractivity contribution in [2.24, 2.45) is 0 Å². The lowest BCUT2D eigenvalue weighted by atomic mass is 10.1. The van der Waals surface area contributed by atoms with Gasteiger partial charge in [0, 0.05) is 45.5 Å². The van der Waals surface area contributed by atoms with E-state index in [-0.39, 0.29) is 122 Å². The van der Waals surface area contributed by atoms with E-state index in [1.54, 1.807) is 86.8 Å². The first-order valence-corrected chi connectivity index (χ1v) is 44.2. The second-order valence-corrected chi connectivity index (χ2v) is 31.2. The van der Waals surface area contributed by atoms with E-state index in [2.05, 4.69) is 41.1 Å². The Morgan fingerprint density at radius 2 is 0.629 bits per heavy atom. The van der Waals surface area contributed by atoms with Gasteiger partial charge < -0.3 is 116 Å². The number of methoxy groups -OCH3 is 1. The number of aryl methyl sites for hydroxylation is 9. The fourth-order valence-corrected chi connectivity index (χ4v) is 12.4. The summed E-state index contributed by atoms with van der Waals surface area (Å²) in [5, 5.41) is 181. The molecule has 0 saturated carbocycles. The summed E-state index contributed by atoms with van der Waals surface area (Å²) in [6.07, 6.45) is 32.6. The number of unbranched alkanes of at least 4 members (excludes halogenated alkanes) is 9. The molecule has 1 saturated heterocycles. The van der Waals surface area contributed by atoms with Crippen LogP contribution in [-0.2, 0) is 76.9 Å². The number of terminal acetylenes is 1. The molecule has 9 aromatic rings. The molecule has 1 fully saturated rings. The fourth-order valence-electron chi connectivity index (χ4n) is 11.5. The summed E-state index contributed by atoms with van der Waals surface area (Å²) >= 11 is 12.0. The first kappa shape index (κ1) is 109. The monoisotopic (exact) mass is 1870 g/mol. The molecule has 0 bridgehead atoms. The van der Waals surface area contributed by atoms with Gasteiger partial charge >= 0.3 is 5.97 Å². The number of carbonyl (C=O) groups is 2. The maximum absolute atomic E-state index is 10.7. The number of carboxylic acid groups (broad SMARTS) is 1. The van der Waals surface area contributed by atoms with E-state index in [1.165, 1.54) is 71.5 Å². The highest BCUT2D eigenvalue weighted by molar-refractivity contribution is 14.1. The van der Waals surface area contributed by atoms with Crippen LogP contribution in [0.5, 0.6) is 103 Å². The number of aliphatic carboxylic acids is 1. The quantitative estimate of drug-likeness (QED) is 0.00323. The van der Waals surface area contributed by atoms with Gasteiger partial charge in [0.25, 0.3) is 0 Å². The van der Waals surface area contributed by atoms with Crippen LogP contribution in [0.25, 0.3) is 0 Å². The Morgan fingerprint density at radius 3 is 0.863 bits per heavy atom. The summed E-state index contributed by atoms with van der Waals surface area (Å²) in [4.78, 5) is 20.9. The zero-order chi connectivity index (χ0) is 92.0. The molecule has 27 heteroatoms. The Hall–Kier alpha value is -10.7. The molecule has 1 atom stereocenters. The molecule has 0 aliphatic carbocycles. The first-order valence-electron chi connectivity index (χ1n) is 41.5. The van der Waals surface area contributed by atoms with Crippen LogP contribution in [0.15, 0.2) is 164 Å². The number of halogens is 2. The van der Waals surface area contributed by atoms with Crippen molar-refractivity contribution in [2.75, 3.05) is 43.0 Å². The van der Waals surface area contributed by atoms with Crippen LogP contribution in [0.2, 0.25) is 0 Å². The van der Waals surface area contributed by atoms with Crippen LogP contribution in [0.4, 0.5) is 0 Å². The number of aliphatic hydroxyl groups excluding tert-OH is 1. The molecule has 0 amide bonds. The number of aromatic hydroxyl groups is 18. The topological polar surface area (TPSA) is 461 Å². The van der Waals surface area contributed by atoms with Crippen LogP contribution in [0.3, 0.4) is 0 Å². The van der Waals surface area contributed by atoms with Crippen molar-refractivity contribution >= 4 is 58.6 Å². The molecule has 20 N–H and O–H groups in total. The standard InChI is InChI=1S/2C12H16O3.C11H14O4.C11H16O3.C11H12O2.C10H13ClO2.C10H13IO2.C10H14O3.C10H14O2S/c13-11-6-5-9(7-12(11)14)3-1-2-4-10-8-15-10;1-9(13)4-2-3-5-10-6-7-11(14)12(15)8-10;12-9-6-5-8(7-10(9)13)3-1-2-4-11(14)15;1-14-7-3-2-4-9-5-6-10(12)11(13)8-9;1-2-3-4-5-9-6-7-10(12)11(13)8-9;3*11-6-2-1-3-8-4-5-9(12)10(13)7-8;11-9-5-4-8(7-10(9)12)3-1-2-6-13/h5-7,10,13-14H,1-4,8H2;6-8,14-15H,2-5H2,1H3;5-7,12-13H,1-4H2,(H,14,15);5-6,8,12-13H,2-4,7H2,1H3;1,6-8,12-13H,3-5H2;2*4-5,7,12-13H,1-3,6H2;2*4-5,7,11-13H,1-3,6H2. The largest absolute Gasteiger partial charge is 0.504 e. The van der Waals surface area contributed by atoms with Gasteiger partial charge in [0.1, 0.15) is 5.78 Å². The van der Waals surface area contributed by atoms with Gasteiger partial charge in [-0.25, -0.2) is 0 Å². The number of carbonyl (C=O) groups excluding carboxylic acids is 1. The number of aliphatic hydroxyl groups is 1. The maximum Gasteiger partial charge on any atom is 0.303 e. The van der Waals surface area contributed by atoms with Crippen LogP contribution >= 0.6 is 46.8 Å². The van der Waals surface area contributed by atoms with E-state index in [0.717, 1.165) is 230 Å². The van der Waals surface area contributed by atoms with Gasteiger partial charge in [-0.05, 0) is 343 Å². The number of Topliss-reactive ketones (excluding diaryl/α,β-unsaturated/α-hetero) is 1. The van der Waals surface area contributed by atoms with E-state index in [9.17, 15) is 45.3 Å². The number of ketones is 1. The second kappa shape index (κ2) is 65.9. The number of benzene rings is 9. The van der Waals surface area contributed by atoms with Gasteiger partial charge in [0.05, 0.1) is 12.7 Å². The van der Waals surface area contributed by atoms with Gasteiger partial charge in [-0.1, -0.05) is 83.6 Å². The Balaban J connectivity index is 0.000000473.